The van der Waals surface area contributed by atoms with E-state index in [2.05, 4.69) is 13.8 Å². The van der Waals surface area contributed by atoms with Gasteiger partial charge in [-0.3, -0.25) is 0 Å². The Morgan fingerprint density at radius 2 is 0.750 bits per heavy atom. The van der Waals surface area contributed by atoms with Gasteiger partial charge in [-0.05, 0) is 24.3 Å². The number of halogens is 1. The summed E-state index contributed by atoms with van der Waals surface area (Å²) in [7, 11) is 1.00. The van der Waals surface area contributed by atoms with Crippen molar-refractivity contribution in [3.63, 3.8) is 0 Å². The van der Waals surface area contributed by atoms with Gasteiger partial charge >= 0.3 is 0 Å². The fraction of sp³-hybridized carbons (Fsp3) is 0.400. The van der Waals surface area contributed by atoms with Crippen molar-refractivity contribution < 1.29 is 15.3 Å². The third kappa shape index (κ3) is 37.2. The Hall–Kier alpha value is -1.27. The van der Waals surface area contributed by atoms with Gasteiger partial charge in [0, 0.05) is 7.11 Å². The highest BCUT2D eigenvalue weighted by atomic mass is 127. The number of hydrogen-bond acceptors (Lipinski definition) is 3. The van der Waals surface area contributed by atoms with Gasteiger partial charge in [0.25, 0.3) is 0 Å². The first kappa shape index (κ1) is 34.1. The third-order valence-corrected chi connectivity index (χ3v) is 1.51. The van der Waals surface area contributed by atoms with Crippen LogP contribution in [-0.2, 0) is 0 Å². The average molecular weight is 452 g/mol. The minimum atomic E-state index is 0. The molecule has 0 radical (unpaired) electrons. The van der Waals surface area contributed by atoms with Crippen LogP contribution in [0.2, 0.25) is 0 Å². The van der Waals surface area contributed by atoms with Crippen LogP contribution in [0.15, 0.2) is 60.7 Å². The quantitative estimate of drug-likeness (QED) is 0.401. The van der Waals surface area contributed by atoms with Gasteiger partial charge in [-0.1, -0.05) is 84.4 Å². The Bertz CT molecular complexity index is 330. The summed E-state index contributed by atoms with van der Waals surface area (Å²) in [4.78, 5) is 0. The lowest BCUT2D eigenvalue weighted by Gasteiger charge is -1.82. The summed E-state index contributed by atoms with van der Waals surface area (Å²) >= 11 is 0. The molecule has 0 saturated carbocycles. The van der Waals surface area contributed by atoms with E-state index >= 15 is 0 Å². The molecule has 0 bridgehead atoms. The van der Waals surface area contributed by atoms with Gasteiger partial charge in [0.2, 0.25) is 0 Å². The minimum absolute atomic E-state index is 0. The number of phenolic OH excluding ortho intramolecular Hbond substituents is 2. The molecular weight excluding hydrogens is 415 g/mol. The highest BCUT2D eigenvalue weighted by Gasteiger charge is 1.75. The molecule has 0 amide bonds. The summed E-state index contributed by atoms with van der Waals surface area (Å²) in [5.41, 5.74) is 0. The van der Waals surface area contributed by atoms with Crippen LogP contribution in [-0.4, -0.2) is 22.4 Å². The summed E-state index contributed by atoms with van der Waals surface area (Å²) in [5.74, 6) is 0.644. The molecule has 2 rings (SSSR count). The predicted octanol–water partition coefficient (Wildman–Crippen LogP) is 6.48. The maximum absolute atomic E-state index is 8.63. The van der Waals surface area contributed by atoms with E-state index in [1.807, 2.05) is 39.8 Å². The van der Waals surface area contributed by atoms with E-state index in [4.69, 9.17) is 15.3 Å². The summed E-state index contributed by atoms with van der Waals surface area (Å²) in [6.07, 6.45) is 1.25. The molecule has 0 unspecified atom stereocenters. The van der Waals surface area contributed by atoms with E-state index < -0.39 is 0 Å². The molecule has 0 spiro atoms. The Morgan fingerprint density at radius 3 is 0.833 bits per heavy atom. The molecular formula is C20H37IO3. The number of aliphatic hydroxyl groups is 1. The van der Waals surface area contributed by atoms with E-state index in [0.29, 0.717) is 11.5 Å². The molecule has 24 heavy (non-hydrogen) atoms. The van der Waals surface area contributed by atoms with E-state index in [1.165, 1.54) is 6.42 Å². The van der Waals surface area contributed by atoms with Gasteiger partial charge in [0.05, 0.1) is 0 Å². The molecule has 0 heterocycles. The monoisotopic (exact) mass is 452 g/mol. The highest BCUT2D eigenvalue weighted by molar-refractivity contribution is 14.0. The number of hydrogen-bond donors (Lipinski definition) is 3. The normalized spacial score (nSPS) is 6.50. The van der Waals surface area contributed by atoms with Crippen molar-refractivity contribution in [3.05, 3.63) is 60.7 Å². The molecule has 0 aliphatic rings. The first-order valence-electron chi connectivity index (χ1n) is 8.13. The Balaban J connectivity index is -0.0000000668. The van der Waals surface area contributed by atoms with Crippen LogP contribution in [0.4, 0.5) is 0 Å². The number of aliphatic hydroxyl groups excluding tert-OH is 1. The average Bonchev–Trinajstić information content (AvgIpc) is 2.63. The number of aromatic hydroxyl groups is 2. The second-order valence-corrected chi connectivity index (χ2v) is 3.38. The number of para-hydroxylation sites is 2. The molecule has 0 atom stereocenters. The zero-order valence-corrected chi connectivity index (χ0v) is 18.6. The Kier molecular flexibility index (Phi) is 53.7. The predicted molar refractivity (Wildman–Crippen MR) is 118 cm³/mol. The van der Waals surface area contributed by atoms with Gasteiger partial charge in [0.1, 0.15) is 11.5 Å². The number of phenols is 2. The van der Waals surface area contributed by atoms with Crippen LogP contribution in [0.5, 0.6) is 11.5 Å². The molecule has 3 N–H and O–H groups in total. The zero-order chi connectivity index (χ0) is 18.9. The SMILES string of the molecule is CC.CC.CCC.CO.I.Oc1ccccc1.Oc1ccccc1. The second-order valence-electron chi connectivity index (χ2n) is 3.38. The molecule has 142 valence electrons. The summed E-state index contributed by atoms with van der Waals surface area (Å²) in [6, 6.07) is 17.4. The lowest BCUT2D eigenvalue weighted by molar-refractivity contribution is 0.399. The maximum Gasteiger partial charge on any atom is 0.115 e. The van der Waals surface area contributed by atoms with Crippen molar-refractivity contribution in [1.29, 1.82) is 0 Å². The molecule has 2 aromatic carbocycles. The number of benzene rings is 2. The highest BCUT2D eigenvalue weighted by Crippen LogP contribution is 2.03. The van der Waals surface area contributed by atoms with Crippen molar-refractivity contribution in [2.75, 3.05) is 7.11 Å². The molecule has 0 aromatic heterocycles. The maximum atomic E-state index is 8.63. The molecule has 4 heteroatoms. The molecule has 0 aliphatic heterocycles. The van der Waals surface area contributed by atoms with Crippen LogP contribution < -0.4 is 0 Å². The van der Waals surface area contributed by atoms with Gasteiger partial charge in [0.15, 0.2) is 0 Å². The fourth-order valence-corrected chi connectivity index (χ4v) is 0.856. The third-order valence-electron chi connectivity index (χ3n) is 1.51. The molecule has 0 aliphatic carbocycles. The van der Waals surface area contributed by atoms with E-state index in [0.717, 1.165) is 7.11 Å². The number of rotatable bonds is 0. The molecule has 0 fully saturated rings. The van der Waals surface area contributed by atoms with Gasteiger partial charge < -0.3 is 15.3 Å². The fourth-order valence-electron chi connectivity index (χ4n) is 0.856. The zero-order valence-electron chi connectivity index (χ0n) is 16.2. The van der Waals surface area contributed by atoms with E-state index in [9.17, 15) is 0 Å². The summed E-state index contributed by atoms with van der Waals surface area (Å²) in [6.45, 7) is 12.2. The van der Waals surface area contributed by atoms with Crippen molar-refractivity contribution in [1.82, 2.24) is 0 Å². The Morgan fingerprint density at radius 1 is 0.583 bits per heavy atom. The van der Waals surface area contributed by atoms with Crippen LogP contribution in [0.25, 0.3) is 0 Å². The van der Waals surface area contributed by atoms with Crippen molar-refractivity contribution in [2.24, 2.45) is 0 Å². The smallest absolute Gasteiger partial charge is 0.115 e. The van der Waals surface area contributed by atoms with Crippen LogP contribution in [0.3, 0.4) is 0 Å². The minimum Gasteiger partial charge on any atom is -0.508 e. The Labute approximate surface area is 166 Å². The first-order chi connectivity index (χ1) is 11.2. The van der Waals surface area contributed by atoms with Crippen molar-refractivity contribution in [3.8, 4) is 11.5 Å². The topological polar surface area (TPSA) is 60.7 Å². The van der Waals surface area contributed by atoms with E-state index in [-0.39, 0.29) is 24.0 Å². The van der Waals surface area contributed by atoms with Gasteiger partial charge in [-0.15, -0.1) is 24.0 Å². The lowest BCUT2D eigenvalue weighted by Crippen LogP contribution is -1.56. The van der Waals surface area contributed by atoms with Crippen molar-refractivity contribution >= 4 is 24.0 Å². The molecule has 0 saturated heterocycles. The van der Waals surface area contributed by atoms with E-state index in [1.54, 1.807) is 48.5 Å². The van der Waals surface area contributed by atoms with Gasteiger partial charge in [-0.2, -0.15) is 0 Å². The standard InChI is InChI=1S/2C6H6O.C3H8.2C2H6.CH4O.HI/c2*7-6-4-2-1-3-5-6;1-3-2;3*1-2;/h2*1-5,7H;3H2,1-2H3;2*1-2H3;2H,1H3;1H. The van der Waals surface area contributed by atoms with Crippen LogP contribution >= 0.6 is 24.0 Å². The molecule has 3 nitrogen and oxygen atoms in total. The van der Waals surface area contributed by atoms with Crippen LogP contribution in [0, 0.1) is 0 Å². The lowest BCUT2D eigenvalue weighted by atomic mass is 10.3. The largest absolute Gasteiger partial charge is 0.508 e. The first-order valence-corrected chi connectivity index (χ1v) is 8.13. The summed E-state index contributed by atoms with van der Waals surface area (Å²) in [5, 5.41) is 24.3. The van der Waals surface area contributed by atoms with Gasteiger partial charge in [-0.25, -0.2) is 0 Å². The summed E-state index contributed by atoms with van der Waals surface area (Å²) < 4.78 is 0. The molecule has 2 aromatic rings. The van der Waals surface area contributed by atoms with Crippen LogP contribution in [0.1, 0.15) is 48.0 Å². The van der Waals surface area contributed by atoms with Crippen molar-refractivity contribution in [2.45, 2.75) is 48.0 Å². The second kappa shape index (κ2) is 37.7.